The van der Waals surface area contributed by atoms with Gasteiger partial charge in [-0.15, -0.1) is 0 Å². The molecule has 1 heterocycles. The van der Waals surface area contributed by atoms with Gasteiger partial charge in [0.1, 0.15) is 6.29 Å². The summed E-state index contributed by atoms with van der Waals surface area (Å²) in [5, 5.41) is 10.7. The van der Waals surface area contributed by atoms with Gasteiger partial charge in [0.15, 0.2) is 0 Å². The Labute approximate surface area is 102 Å². The molecule has 1 aliphatic rings. The van der Waals surface area contributed by atoms with E-state index >= 15 is 0 Å². The maximum atomic E-state index is 11.0. The molecule has 1 aromatic rings. The zero-order chi connectivity index (χ0) is 12.5. The van der Waals surface area contributed by atoms with Gasteiger partial charge < -0.3 is 10.0 Å². The van der Waals surface area contributed by atoms with E-state index in [0.717, 1.165) is 31.4 Å². The van der Waals surface area contributed by atoms with E-state index in [1.807, 2.05) is 25.1 Å². The zero-order valence-corrected chi connectivity index (χ0v) is 10.4. The maximum Gasteiger partial charge on any atom is 0.150 e. The number of hydrogen-bond acceptors (Lipinski definition) is 3. The van der Waals surface area contributed by atoms with E-state index < -0.39 is 5.60 Å². The summed E-state index contributed by atoms with van der Waals surface area (Å²) < 4.78 is 0. The van der Waals surface area contributed by atoms with Crippen LogP contribution in [0.3, 0.4) is 0 Å². The molecule has 1 saturated heterocycles. The van der Waals surface area contributed by atoms with Crippen molar-refractivity contribution in [2.75, 3.05) is 20.1 Å². The number of aldehydes is 1. The first kappa shape index (κ1) is 12.3. The molecule has 0 aromatic heterocycles. The van der Waals surface area contributed by atoms with Crippen LogP contribution in [0.25, 0.3) is 0 Å². The van der Waals surface area contributed by atoms with E-state index in [1.165, 1.54) is 0 Å². The van der Waals surface area contributed by atoms with E-state index in [2.05, 4.69) is 11.9 Å². The number of carbonyl (C=O) groups excluding carboxylic acids is 1. The molecule has 0 bridgehead atoms. The van der Waals surface area contributed by atoms with Crippen molar-refractivity contribution in [1.82, 2.24) is 4.90 Å². The number of nitrogens with zero attached hydrogens (tertiary/aromatic N) is 1. The van der Waals surface area contributed by atoms with Crippen LogP contribution >= 0.6 is 0 Å². The van der Waals surface area contributed by atoms with Gasteiger partial charge in [-0.25, -0.2) is 0 Å². The van der Waals surface area contributed by atoms with Crippen LogP contribution in [0.4, 0.5) is 0 Å². The van der Waals surface area contributed by atoms with Crippen LogP contribution in [0, 0.1) is 5.92 Å². The average Bonchev–Trinajstić information content (AvgIpc) is 2.76. The molecule has 17 heavy (non-hydrogen) atoms. The van der Waals surface area contributed by atoms with Gasteiger partial charge in [-0.3, -0.25) is 4.79 Å². The van der Waals surface area contributed by atoms with Crippen LogP contribution in [-0.2, 0) is 5.60 Å². The molecule has 3 heteroatoms. The Morgan fingerprint density at radius 1 is 1.47 bits per heavy atom. The van der Waals surface area contributed by atoms with Gasteiger partial charge in [0.05, 0.1) is 5.60 Å². The molecule has 1 aliphatic heterocycles. The van der Waals surface area contributed by atoms with Crippen LogP contribution in [0.1, 0.15) is 29.3 Å². The Bertz CT molecular complexity index is 414. The SMILES string of the molecule is CN1CCC(C(C)(O)c2ccccc2C=O)C1. The van der Waals surface area contributed by atoms with Gasteiger partial charge in [-0.05, 0) is 32.5 Å². The van der Waals surface area contributed by atoms with Gasteiger partial charge in [-0.2, -0.15) is 0 Å². The fourth-order valence-electron chi connectivity index (χ4n) is 2.67. The van der Waals surface area contributed by atoms with Crippen molar-refractivity contribution in [3.05, 3.63) is 35.4 Å². The van der Waals surface area contributed by atoms with Gasteiger partial charge in [0.25, 0.3) is 0 Å². The summed E-state index contributed by atoms with van der Waals surface area (Å²) in [6.07, 6.45) is 1.79. The smallest absolute Gasteiger partial charge is 0.150 e. The molecule has 92 valence electrons. The first-order chi connectivity index (χ1) is 8.05. The zero-order valence-electron chi connectivity index (χ0n) is 10.4. The molecule has 0 amide bonds. The number of carbonyl (C=O) groups is 1. The highest BCUT2D eigenvalue weighted by Crippen LogP contribution is 2.36. The predicted molar refractivity (Wildman–Crippen MR) is 67.0 cm³/mol. The fourth-order valence-corrected chi connectivity index (χ4v) is 2.67. The lowest BCUT2D eigenvalue weighted by Crippen LogP contribution is -2.34. The quantitative estimate of drug-likeness (QED) is 0.807. The number of rotatable bonds is 3. The van der Waals surface area contributed by atoms with E-state index in [-0.39, 0.29) is 5.92 Å². The Morgan fingerprint density at radius 2 is 2.18 bits per heavy atom. The molecule has 1 fully saturated rings. The molecular weight excluding hydrogens is 214 g/mol. The van der Waals surface area contributed by atoms with Crippen molar-refractivity contribution < 1.29 is 9.90 Å². The van der Waals surface area contributed by atoms with Crippen LogP contribution in [0.2, 0.25) is 0 Å². The summed E-state index contributed by atoms with van der Waals surface area (Å²) in [6.45, 7) is 3.70. The predicted octanol–water partition coefficient (Wildman–Crippen LogP) is 1.66. The van der Waals surface area contributed by atoms with Crippen LogP contribution in [0.15, 0.2) is 24.3 Å². The second-order valence-electron chi connectivity index (χ2n) is 5.10. The third-order valence-corrected chi connectivity index (χ3v) is 3.82. The third-order valence-electron chi connectivity index (χ3n) is 3.82. The Kier molecular flexibility index (Phi) is 3.31. The van der Waals surface area contributed by atoms with Gasteiger partial charge in [-0.1, -0.05) is 24.3 Å². The average molecular weight is 233 g/mol. The third kappa shape index (κ3) is 2.26. The Hall–Kier alpha value is -1.19. The highest BCUT2D eigenvalue weighted by Gasteiger charge is 2.38. The van der Waals surface area contributed by atoms with Crippen LogP contribution in [-0.4, -0.2) is 36.4 Å². The fraction of sp³-hybridized carbons (Fsp3) is 0.500. The molecule has 0 spiro atoms. The largest absolute Gasteiger partial charge is 0.385 e. The molecule has 2 atom stereocenters. The van der Waals surface area contributed by atoms with Crippen molar-refractivity contribution in [3.8, 4) is 0 Å². The van der Waals surface area contributed by atoms with Crippen molar-refractivity contribution in [1.29, 1.82) is 0 Å². The molecule has 1 aromatic carbocycles. The summed E-state index contributed by atoms with van der Waals surface area (Å²) in [6, 6.07) is 7.30. The second-order valence-corrected chi connectivity index (χ2v) is 5.10. The van der Waals surface area contributed by atoms with Crippen molar-refractivity contribution in [2.45, 2.75) is 18.9 Å². The summed E-state index contributed by atoms with van der Waals surface area (Å²) in [5.41, 5.74) is 0.407. The summed E-state index contributed by atoms with van der Waals surface area (Å²) >= 11 is 0. The lowest BCUT2D eigenvalue weighted by molar-refractivity contribution is -0.00170. The van der Waals surface area contributed by atoms with E-state index in [4.69, 9.17) is 0 Å². The molecule has 0 saturated carbocycles. The van der Waals surface area contributed by atoms with E-state index in [0.29, 0.717) is 5.56 Å². The lowest BCUT2D eigenvalue weighted by atomic mass is 9.80. The first-order valence-electron chi connectivity index (χ1n) is 6.01. The number of benzene rings is 1. The normalized spacial score (nSPS) is 24.5. The van der Waals surface area contributed by atoms with Crippen molar-refractivity contribution >= 4 is 6.29 Å². The second kappa shape index (κ2) is 4.59. The summed E-state index contributed by atoms with van der Waals surface area (Å²) in [7, 11) is 2.06. The van der Waals surface area contributed by atoms with Crippen molar-refractivity contribution in [3.63, 3.8) is 0 Å². The minimum absolute atomic E-state index is 0.189. The highest BCUT2D eigenvalue weighted by molar-refractivity contribution is 5.77. The Balaban J connectivity index is 2.33. The molecule has 2 rings (SSSR count). The van der Waals surface area contributed by atoms with Crippen LogP contribution in [0.5, 0.6) is 0 Å². The number of aliphatic hydroxyl groups is 1. The van der Waals surface area contributed by atoms with E-state index in [1.54, 1.807) is 6.07 Å². The first-order valence-corrected chi connectivity index (χ1v) is 6.01. The minimum Gasteiger partial charge on any atom is -0.385 e. The summed E-state index contributed by atoms with van der Waals surface area (Å²) in [5.74, 6) is 0.189. The highest BCUT2D eigenvalue weighted by atomic mass is 16.3. The maximum absolute atomic E-state index is 11.0. The van der Waals surface area contributed by atoms with Gasteiger partial charge in [0, 0.05) is 18.0 Å². The molecule has 3 nitrogen and oxygen atoms in total. The monoisotopic (exact) mass is 233 g/mol. The standard InChI is InChI=1S/C14H19NO2/c1-14(17,12-7-8-15(2)9-12)13-6-4-3-5-11(13)10-16/h3-6,10,12,17H,7-9H2,1-2H3. The molecule has 0 radical (unpaired) electrons. The number of hydrogen-bond donors (Lipinski definition) is 1. The van der Waals surface area contributed by atoms with Crippen molar-refractivity contribution in [2.24, 2.45) is 5.92 Å². The number of likely N-dealkylation sites (tertiary alicyclic amines) is 1. The molecular formula is C14H19NO2. The van der Waals surface area contributed by atoms with E-state index in [9.17, 15) is 9.90 Å². The van der Waals surface area contributed by atoms with Gasteiger partial charge in [0.2, 0.25) is 0 Å². The molecule has 0 aliphatic carbocycles. The topological polar surface area (TPSA) is 40.5 Å². The minimum atomic E-state index is -0.928. The summed E-state index contributed by atoms with van der Waals surface area (Å²) in [4.78, 5) is 13.2. The van der Waals surface area contributed by atoms with Crippen LogP contribution < -0.4 is 0 Å². The Morgan fingerprint density at radius 3 is 2.76 bits per heavy atom. The molecule has 2 unspecified atom stereocenters. The van der Waals surface area contributed by atoms with Gasteiger partial charge >= 0.3 is 0 Å². The lowest BCUT2D eigenvalue weighted by Gasteiger charge is -2.31. The molecule has 1 N–H and O–H groups in total.